The van der Waals surface area contributed by atoms with Crippen LogP contribution < -0.4 is 5.32 Å². The quantitative estimate of drug-likeness (QED) is 0.754. The van der Waals surface area contributed by atoms with Crippen molar-refractivity contribution in [2.24, 2.45) is 0 Å². The summed E-state index contributed by atoms with van der Waals surface area (Å²) >= 11 is 1.78. The summed E-state index contributed by atoms with van der Waals surface area (Å²) in [6, 6.07) is -0.225. The van der Waals surface area contributed by atoms with Crippen LogP contribution in [0.15, 0.2) is 0 Å². The molecule has 0 aliphatic carbocycles. The lowest BCUT2D eigenvalue weighted by Gasteiger charge is -2.30. The first kappa shape index (κ1) is 12.7. The summed E-state index contributed by atoms with van der Waals surface area (Å²) in [4.78, 5) is 24.8. The predicted octanol–water partition coefficient (Wildman–Crippen LogP) is 0.157. The normalized spacial score (nSPS) is 29.3. The highest BCUT2D eigenvalue weighted by molar-refractivity contribution is 7.99. The monoisotopic (exact) mass is 258 g/mol. The average molecular weight is 258 g/mol. The van der Waals surface area contributed by atoms with Gasteiger partial charge in [0.05, 0.1) is 12.5 Å². The second-order valence-electron chi connectivity index (χ2n) is 4.51. The Morgan fingerprint density at radius 3 is 2.94 bits per heavy atom. The summed E-state index contributed by atoms with van der Waals surface area (Å²) in [5.41, 5.74) is 0. The molecule has 2 aliphatic heterocycles. The van der Waals surface area contributed by atoms with Gasteiger partial charge in [-0.2, -0.15) is 11.8 Å². The van der Waals surface area contributed by atoms with Crippen molar-refractivity contribution in [3.63, 3.8) is 0 Å². The van der Waals surface area contributed by atoms with Gasteiger partial charge in [-0.3, -0.25) is 9.59 Å². The number of carbonyl (C=O) groups is 2. The zero-order valence-corrected chi connectivity index (χ0v) is 10.5. The van der Waals surface area contributed by atoms with E-state index in [1.165, 1.54) is 0 Å². The van der Waals surface area contributed by atoms with Gasteiger partial charge in [0.25, 0.3) is 0 Å². The number of carbonyl (C=O) groups excluding carboxylic acids is 1. The van der Waals surface area contributed by atoms with Crippen LogP contribution in [0.25, 0.3) is 0 Å². The minimum Gasteiger partial charge on any atom is -0.481 e. The number of nitrogens with zero attached hydrogens (tertiary/aromatic N) is 1. The number of likely N-dealkylation sites (tertiary alicyclic amines) is 1. The molecule has 0 aromatic carbocycles. The summed E-state index contributed by atoms with van der Waals surface area (Å²) in [6.07, 6.45) is 1.81. The van der Waals surface area contributed by atoms with E-state index >= 15 is 0 Å². The second-order valence-corrected chi connectivity index (χ2v) is 5.66. The largest absolute Gasteiger partial charge is 0.481 e. The third-order valence-electron chi connectivity index (χ3n) is 3.29. The SMILES string of the molecule is O=C(O)CC1CCCN1C(=O)C1CSCCN1. The van der Waals surface area contributed by atoms with Crippen molar-refractivity contribution >= 4 is 23.6 Å². The number of hydrogen-bond acceptors (Lipinski definition) is 4. The Morgan fingerprint density at radius 2 is 2.29 bits per heavy atom. The van der Waals surface area contributed by atoms with E-state index in [0.29, 0.717) is 6.54 Å². The van der Waals surface area contributed by atoms with E-state index in [2.05, 4.69) is 5.32 Å². The predicted molar refractivity (Wildman–Crippen MR) is 66.1 cm³/mol. The zero-order chi connectivity index (χ0) is 12.3. The van der Waals surface area contributed by atoms with Crippen LogP contribution in [0.3, 0.4) is 0 Å². The smallest absolute Gasteiger partial charge is 0.305 e. The van der Waals surface area contributed by atoms with Crippen LogP contribution in [0.4, 0.5) is 0 Å². The van der Waals surface area contributed by atoms with E-state index in [-0.39, 0.29) is 24.4 Å². The second kappa shape index (κ2) is 5.73. The maximum absolute atomic E-state index is 12.2. The number of aliphatic carboxylic acids is 1. The van der Waals surface area contributed by atoms with Gasteiger partial charge in [0, 0.05) is 30.6 Å². The molecule has 0 aromatic heterocycles. The molecular formula is C11H18N2O3S. The minimum absolute atomic E-state index is 0.0750. The Kier molecular flexibility index (Phi) is 4.28. The highest BCUT2D eigenvalue weighted by Crippen LogP contribution is 2.22. The molecule has 0 aromatic rings. The Bertz CT molecular complexity index is 305. The number of carboxylic acid groups (broad SMARTS) is 1. The van der Waals surface area contributed by atoms with E-state index in [1.807, 2.05) is 0 Å². The van der Waals surface area contributed by atoms with Gasteiger partial charge < -0.3 is 15.3 Å². The van der Waals surface area contributed by atoms with Crippen LogP contribution >= 0.6 is 11.8 Å². The van der Waals surface area contributed by atoms with Crippen molar-refractivity contribution in [1.29, 1.82) is 0 Å². The lowest BCUT2D eigenvalue weighted by atomic mass is 10.1. The molecule has 2 N–H and O–H groups in total. The topological polar surface area (TPSA) is 69.6 Å². The van der Waals surface area contributed by atoms with Crippen LogP contribution in [-0.4, -0.2) is 58.6 Å². The molecule has 2 aliphatic rings. The van der Waals surface area contributed by atoms with Gasteiger partial charge >= 0.3 is 5.97 Å². The molecule has 2 heterocycles. The molecule has 6 heteroatoms. The number of amides is 1. The summed E-state index contributed by atoms with van der Waals surface area (Å²) in [5.74, 6) is 1.11. The molecule has 0 radical (unpaired) electrons. The summed E-state index contributed by atoms with van der Waals surface area (Å²) in [7, 11) is 0. The van der Waals surface area contributed by atoms with Gasteiger partial charge in [0.15, 0.2) is 0 Å². The lowest BCUT2D eigenvalue weighted by molar-refractivity contribution is -0.140. The molecule has 1 amide bonds. The van der Waals surface area contributed by atoms with Crippen molar-refractivity contribution in [3.05, 3.63) is 0 Å². The fourth-order valence-corrected chi connectivity index (χ4v) is 3.39. The van der Waals surface area contributed by atoms with Crippen LogP contribution in [0.2, 0.25) is 0 Å². The molecule has 2 rings (SSSR count). The third-order valence-corrected chi connectivity index (χ3v) is 4.35. The number of rotatable bonds is 3. The Morgan fingerprint density at radius 1 is 1.47 bits per heavy atom. The molecule has 96 valence electrons. The number of hydrogen-bond donors (Lipinski definition) is 2. The standard InChI is InChI=1S/C11H18N2O3S/c14-10(15)6-8-2-1-4-13(8)11(16)9-7-17-5-3-12-9/h8-9,12H,1-7H2,(H,14,15). The van der Waals surface area contributed by atoms with Crippen molar-refractivity contribution in [3.8, 4) is 0 Å². The average Bonchev–Trinajstić information content (AvgIpc) is 2.76. The van der Waals surface area contributed by atoms with Crippen LogP contribution in [0.1, 0.15) is 19.3 Å². The molecule has 0 bridgehead atoms. The molecule has 17 heavy (non-hydrogen) atoms. The van der Waals surface area contributed by atoms with E-state index in [1.54, 1.807) is 16.7 Å². The number of carboxylic acids is 1. The first-order valence-electron chi connectivity index (χ1n) is 6.02. The molecule has 0 saturated carbocycles. The Balaban J connectivity index is 1.94. The highest BCUT2D eigenvalue weighted by atomic mass is 32.2. The van der Waals surface area contributed by atoms with Gasteiger partial charge in [0.2, 0.25) is 5.91 Å². The molecule has 0 spiro atoms. The van der Waals surface area contributed by atoms with Gasteiger partial charge in [-0.05, 0) is 12.8 Å². The molecule has 2 saturated heterocycles. The first-order chi connectivity index (χ1) is 8.18. The molecule has 2 unspecified atom stereocenters. The van der Waals surface area contributed by atoms with Crippen LogP contribution in [0, 0.1) is 0 Å². The number of nitrogens with one attached hydrogen (secondary N) is 1. The maximum atomic E-state index is 12.2. The molecular weight excluding hydrogens is 240 g/mol. The Hall–Kier alpha value is -0.750. The van der Waals surface area contributed by atoms with Crippen LogP contribution in [0.5, 0.6) is 0 Å². The van der Waals surface area contributed by atoms with E-state index in [4.69, 9.17) is 5.11 Å². The maximum Gasteiger partial charge on any atom is 0.305 e. The molecule has 2 atom stereocenters. The van der Waals surface area contributed by atoms with Crippen LogP contribution in [-0.2, 0) is 9.59 Å². The summed E-state index contributed by atoms with van der Waals surface area (Å²) < 4.78 is 0. The highest BCUT2D eigenvalue weighted by Gasteiger charge is 2.34. The zero-order valence-electron chi connectivity index (χ0n) is 9.72. The van der Waals surface area contributed by atoms with Crippen molar-refractivity contribution < 1.29 is 14.7 Å². The third kappa shape index (κ3) is 3.13. The molecule has 2 fully saturated rings. The van der Waals surface area contributed by atoms with E-state index in [9.17, 15) is 9.59 Å². The fraction of sp³-hybridized carbons (Fsp3) is 0.818. The summed E-state index contributed by atoms with van der Waals surface area (Å²) in [6.45, 7) is 1.57. The summed E-state index contributed by atoms with van der Waals surface area (Å²) in [5, 5.41) is 12.0. The van der Waals surface area contributed by atoms with Gasteiger partial charge in [-0.15, -0.1) is 0 Å². The molecule has 5 nitrogen and oxygen atoms in total. The minimum atomic E-state index is -0.819. The van der Waals surface area contributed by atoms with E-state index in [0.717, 1.165) is 30.9 Å². The fourth-order valence-electron chi connectivity index (χ4n) is 2.46. The lowest BCUT2D eigenvalue weighted by Crippen LogP contribution is -2.52. The Labute approximate surface area is 105 Å². The van der Waals surface area contributed by atoms with Gasteiger partial charge in [-0.1, -0.05) is 0 Å². The van der Waals surface area contributed by atoms with E-state index < -0.39 is 5.97 Å². The van der Waals surface area contributed by atoms with Crippen molar-refractivity contribution in [1.82, 2.24) is 10.2 Å². The van der Waals surface area contributed by atoms with Crippen molar-refractivity contribution in [2.45, 2.75) is 31.3 Å². The first-order valence-corrected chi connectivity index (χ1v) is 7.17. The number of thioether (sulfide) groups is 1. The van der Waals surface area contributed by atoms with Gasteiger partial charge in [0.1, 0.15) is 0 Å². The van der Waals surface area contributed by atoms with Gasteiger partial charge in [-0.25, -0.2) is 0 Å². The van der Waals surface area contributed by atoms with Crippen molar-refractivity contribution in [2.75, 3.05) is 24.6 Å².